The van der Waals surface area contributed by atoms with E-state index in [1.165, 1.54) is 11.1 Å². The van der Waals surface area contributed by atoms with Crippen LogP contribution in [0.25, 0.3) is 0 Å². The van der Waals surface area contributed by atoms with Gasteiger partial charge in [-0.25, -0.2) is 0 Å². The highest BCUT2D eigenvalue weighted by Crippen LogP contribution is 2.15. The first-order chi connectivity index (χ1) is 11.5. The minimum absolute atomic E-state index is 0.0592. The molecule has 24 heavy (non-hydrogen) atoms. The van der Waals surface area contributed by atoms with Crippen LogP contribution in [0, 0.1) is 3.57 Å². The van der Waals surface area contributed by atoms with Crippen molar-refractivity contribution in [3.05, 3.63) is 63.2 Å². The highest BCUT2D eigenvalue weighted by molar-refractivity contribution is 14.1. The molecule has 0 saturated heterocycles. The fraction of sp³-hybridized carbons (Fsp3) is 0.350. The highest BCUT2D eigenvalue weighted by Gasteiger charge is 2.03. The van der Waals surface area contributed by atoms with E-state index in [9.17, 15) is 4.79 Å². The number of carbonyl (C=O) groups excluding carboxylic acids is 1. The van der Waals surface area contributed by atoms with Crippen molar-refractivity contribution < 1.29 is 9.53 Å². The van der Waals surface area contributed by atoms with Crippen LogP contribution in [0.15, 0.2) is 48.5 Å². The molecule has 0 atom stereocenters. The molecule has 0 aliphatic carbocycles. The van der Waals surface area contributed by atoms with E-state index in [2.05, 4.69) is 66.0 Å². The van der Waals surface area contributed by atoms with Gasteiger partial charge in [0.1, 0.15) is 5.75 Å². The van der Waals surface area contributed by atoms with Crippen molar-refractivity contribution in [2.75, 3.05) is 13.2 Å². The van der Waals surface area contributed by atoms with Crippen LogP contribution in [-0.4, -0.2) is 19.1 Å². The summed E-state index contributed by atoms with van der Waals surface area (Å²) in [4.78, 5) is 11.8. The molecule has 4 heteroatoms. The average Bonchev–Trinajstić information content (AvgIpc) is 2.58. The predicted octanol–water partition coefficient (Wildman–Crippen LogP) is 4.54. The fourth-order valence-corrected chi connectivity index (χ4v) is 2.68. The molecule has 0 saturated carbocycles. The Kier molecular flexibility index (Phi) is 7.56. The van der Waals surface area contributed by atoms with E-state index in [-0.39, 0.29) is 12.5 Å². The fourth-order valence-electron chi connectivity index (χ4n) is 2.32. The minimum Gasteiger partial charge on any atom is -0.484 e. The van der Waals surface area contributed by atoms with Crippen LogP contribution in [0.4, 0.5) is 0 Å². The number of rotatable bonds is 8. The van der Waals surface area contributed by atoms with Gasteiger partial charge in [-0.15, -0.1) is 0 Å². The summed E-state index contributed by atoms with van der Waals surface area (Å²) in [6.07, 6.45) is 1.90. The van der Waals surface area contributed by atoms with Crippen molar-refractivity contribution in [2.45, 2.75) is 32.6 Å². The number of carbonyl (C=O) groups is 1. The summed E-state index contributed by atoms with van der Waals surface area (Å²) < 4.78 is 6.60. The lowest BCUT2D eigenvalue weighted by atomic mass is 10.0. The molecular weight excluding hydrogens is 413 g/mol. The maximum atomic E-state index is 11.8. The molecule has 0 aromatic heterocycles. The van der Waals surface area contributed by atoms with Gasteiger partial charge < -0.3 is 10.1 Å². The molecule has 0 aliphatic heterocycles. The smallest absolute Gasteiger partial charge is 0.257 e. The van der Waals surface area contributed by atoms with Gasteiger partial charge in [0.15, 0.2) is 6.61 Å². The Balaban J connectivity index is 1.63. The van der Waals surface area contributed by atoms with E-state index < -0.39 is 0 Å². The van der Waals surface area contributed by atoms with Gasteiger partial charge >= 0.3 is 0 Å². The zero-order valence-electron chi connectivity index (χ0n) is 14.2. The Hall–Kier alpha value is -1.56. The maximum absolute atomic E-state index is 11.8. The first kappa shape index (κ1) is 18.8. The Morgan fingerprint density at radius 1 is 1.08 bits per heavy atom. The molecule has 0 fully saturated rings. The van der Waals surface area contributed by atoms with Crippen LogP contribution < -0.4 is 10.1 Å². The summed E-state index contributed by atoms with van der Waals surface area (Å²) in [6.45, 7) is 5.12. The van der Waals surface area contributed by atoms with Crippen molar-refractivity contribution in [1.29, 1.82) is 0 Å². The summed E-state index contributed by atoms with van der Waals surface area (Å²) in [7, 11) is 0. The van der Waals surface area contributed by atoms with Gasteiger partial charge in [0, 0.05) is 10.1 Å². The molecule has 0 heterocycles. The average molecular weight is 437 g/mol. The molecule has 1 N–H and O–H groups in total. The molecule has 0 bridgehead atoms. The van der Waals surface area contributed by atoms with Crippen molar-refractivity contribution in [2.24, 2.45) is 0 Å². The summed E-state index contributed by atoms with van der Waals surface area (Å²) in [5.74, 6) is 1.20. The molecule has 0 radical (unpaired) electrons. The Morgan fingerprint density at radius 2 is 1.75 bits per heavy atom. The van der Waals surface area contributed by atoms with Crippen molar-refractivity contribution in [1.82, 2.24) is 5.32 Å². The number of hydrogen-bond donors (Lipinski definition) is 1. The lowest BCUT2D eigenvalue weighted by Crippen LogP contribution is -2.29. The van der Waals surface area contributed by atoms with Crippen LogP contribution in [0.2, 0.25) is 0 Å². The van der Waals surface area contributed by atoms with Gasteiger partial charge in [0.05, 0.1) is 0 Å². The maximum Gasteiger partial charge on any atom is 0.257 e. The minimum atomic E-state index is -0.0799. The van der Waals surface area contributed by atoms with Crippen molar-refractivity contribution >= 4 is 28.5 Å². The molecule has 2 aromatic rings. The number of hydrogen-bond acceptors (Lipinski definition) is 2. The largest absolute Gasteiger partial charge is 0.484 e. The molecular formula is C20H24INO2. The number of halogens is 1. The topological polar surface area (TPSA) is 38.3 Å². The van der Waals surface area contributed by atoms with Crippen LogP contribution >= 0.6 is 22.6 Å². The van der Waals surface area contributed by atoms with Gasteiger partial charge in [-0.05, 0) is 76.7 Å². The second-order valence-electron chi connectivity index (χ2n) is 6.09. The molecule has 0 unspecified atom stereocenters. The van der Waals surface area contributed by atoms with E-state index in [1.807, 2.05) is 24.3 Å². The second kappa shape index (κ2) is 9.67. The number of aryl methyl sites for hydroxylation is 1. The standard InChI is InChI=1S/C20H24INO2/c1-15(2)17-7-5-16(6-8-17)4-3-13-22-20(23)14-24-19-11-9-18(21)10-12-19/h5-12,15H,3-4,13-14H2,1-2H3,(H,22,23). The molecule has 2 rings (SSSR count). The number of benzene rings is 2. The summed E-state index contributed by atoms with van der Waals surface area (Å²) >= 11 is 2.24. The Labute approximate surface area is 157 Å². The summed E-state index contributed by atoms with van der Waals surface area (Å²) in [5.41, 5.74) is 2.67. The van der Waals surface area contributed by atoms with Crippen LogP contribution in [0.5, 0.6) is 5.75 Å². The number of ether oxygens (including phenoxy) is 1. The zero-order valence-corrected chi connectivity index (χ0v) is 16.4. The SMILES string of the molecule is CC(C)c1ccc(CCCNC(=O)COc2ccc(I)cc2)cc1. The van der Waals surface area contributed by atoms with E-state index >= 15 is 0 Å². The van der Waals surface area contributed by atoms with Gasteiger partial charge in [-0.3, -0.25) is 4.79 Å². The number of nitrogens with one attached hydrogen (secondary N) is 1. The van der Waals surface area contributed by atoms with Crippen LogP contribution in [-0.2, 0) is 11.2 Å². The van der Waals surface area contributed by atoms with Gasteiger partial charge in [0.2, 0.25) is 0 Å². The van der Waals surface area contributed by atoms with E-state index in [1.54, 1.807) is 0 Å². The normalized spacial score (nSPS) is 10.7. The molecule has 3 nitrogen and oxygen atoms in total. The van der Waals surface area contributed by atoms with Crippen LogP contribution in [0.1, 0.15) is 37.3 Å². The first-order valence-electron chi connectivity index (χ1n) is 8.28. The van der Waals surface area contributed by atoms with E-state index in [0.717, 1.165) is 22.2 Å². The third-order valence-electron chi connectivity index (χ3n) is 3.79. The quantitative estimate of drug-likeness (QED) is 0.487. The second-order valence-corrected chi connectivity index (χ2v) is 7.34. The molecule has 0 spiro atoms. The third kappa shape index (κ3) is 6.51. The predicted molar refractivity (Wildman–Crippen MR) is 107 cm³/mol. The zero-order chi connectivity index (χ0) is 17.4. The molecule has 0 aliphatic rings. The highest BCUT2D eigenvalue weighted by atomic mass is 127. The molecule has 2 aromatic carbocycles. The first-order valence-corrected chi connectivity index (χ1v) is 9.36. The van der Waals surface area contributed by atoms with Crippen LogP contribution in [0.3, 0.4) is 0 Å². The van der Waals surface area contributed by atoms with Gasteiger partial charge in [-0.1, -0.05) is 38.1 Å². The van der Waals surface area contributed by atoms with Gasteiger partial charge in [0.25, 0.3) is 5.91 Å². The summed E-state index contributed by atoms with van der Waals surface area (Å²) in [5, 5.41) is 2.90. The molecule has 1 amide bonds. The van der Waals surface area contributed by atoms with Crippen molar-refractivity contribution in [3.8, 4) is 5.75 Å². The monoisotopic (exact) mass is 437 g/mol. The van der Waals surface area contributed by atoms with E-state index in [0.29, 0.717) is 12.5 Å². The van der Waals surface area contributed by atoms with Crippen molar-refractivity contribution in [3.63, 3.8) is 0 Å². The lowest BCUT2D eigenvalue weighted by Gasteiger charge is -2.09. The molecule has 128 valence electrons. The Bertz CT molecular complexity index is 636. The third-order valence-corrected chi connectivity index (χ3v) is 4.51. The number of amides is 1. The van der Waals surface area contributed by atoms with Gasteiger partial charge in [-0.2, -0.15) is 0 Å². The Morgan fingerprint density at radius 3 is 2.38 bits per heavy atom. The van der Waals surface area contributed by atoms with E-state index in [4.69, 9.17) is 4.74 Å². The lowest BCUT2D eigenvalue weighted by molar-refractivity contribution is -0.123. The summed E-state index contributed by atoms with van der Waals surface area (Å²) in [6, 6.07) is 16.4.